The van der Waals surface area contributed by atoms with E-state index in [1.165, 1.54) is 0 Å². The SMILES string of the molecule is CO[C@@H]1C[C@@H](CC(=O)O)N(C(=O)c2cnn(CC(C)C)c2C)C1. The molecule has 7 heteroatoms. The van der Waals surface area contributed by atoms with E-state index in [1.807, 2.05) is 11.6 Å². The summed E-state index contributed by atoms with van der Waals surface area (Å²) in [6.07, 6.45) is 1.95. The molecule has 0 spiro atoms. The van der Waals surface area contributed by atoms with Crippen molar-refractivity contribution in [1.82, 2.24) is 14.7 Å². The lowest BCUT2D eigenvalue weighted by molar-refractivity contribution is -0.137. The minimum absolute atomic E-state index is 0.0647. The molecule has 2 atom stereocenters. The Morgan fingerprint density at radius 1 is 1.48 bits per heavy atom. The van der Waals surface area contributed by atoms with E-state index in [-0.39, 0.29) is 24.5 Å². The molecule has 0 radical (unpaired) electrons. The molecule has 1 saturated heterocycles. The number of carboxylic acids is 1. The van der Waals surface area contributed by atoms with E-state index in [0.29, 0.717) is 24.4 Å². The summed E-state index contributed by atoms with van der Waals surface area (Å²) in [7, 11) is 1.59. The summed E-state index contributed by atoms with van der Waals surface area (Å²) < 4.78 is 7.15. The minimum atomic E-state index is -0.906. The van der Waals surface area contributed by atoms with Crippen LogP contribution in [-0.4, -0.2) is 57.5 Å². The minimum Gasteiger partial charge on any atom is -0.481 e. The van der Waals surface area contributed by atoms with Gasteiger partial charge in [0, 0.05) is 31.9 Å². The van der Waals surface area contributed by atoms with E-state index in [9.17, 15) is 9.59 Å². The van der Waals surface area contributed by atoms with Gasteiger partial charge in [0.2, 0.25) is 0 Å². The standard InChI is InChI=1S/C16H25N3O4/c1-10(2)8-19-11(3)14(7-17-19)16(22)18-9-13(23-4)5-12(18)6-15(20)21/h7,10,12-13H,5-6,8-9H2,1-4H3,(H,20,21)/t12-,13+/m0/s1. The molecule has 1 aliphatic heterocycles. The van der Waals surface area contributed by atoms with Crippen LogP contribution in [0.4, 0.5) is 0 Å². The molecule has 2 heterocycles. The molecule has 0 unspecified atom stereocenters. The Labute approximate surface area is 136 Å². The van der Waals surface area contributed by atoms with Gasteiger partial charge in [-0.05, 0) is 19.3 Å². The molecule has 0 aliphatic carbocycles. The van der Waals surface area contributed by atoms with Gasteiger partial charge in [0.15, 0.2) is 0 Å². The third kappa shape index (κ3) is 3.90. The smallest absolute Gasteiger partial charge is 0.305 e. The molecule has 0 bridgehead atoms. The fourth-order valence-electron chi connectivity index (χ4n) is 3.03. The van der Waals surface area contributed by atoms with Crippen molar-refractivity contribution in [2.75, 3.05) is 13.7 Å². The monoisotopic (exact) mass is 323 g/mol. The lowest BCUT2D eigenvalue weighted by Crippen LogP contribution is -2.37. The number of hydrogen-bond acceptors (Lipinski definition) is 4. The Balaban J connectivity index is 2.20. The molecule has 0 saturated carbocycles. The summed E-state index contributed by atoms with van der Waals surface area (Å²) in [6, 6.07) is -0.335. The van der Waals surface area contributed by atoms with E-state index >= 15 is 0 Å². The number of ether oxygens (including phenoxy) is 1. The fourth-order valence-corrected chi connectivity index (χ4v) is 3.03. The Kier molecular flexibility index (Phi) is 5.41. The molecule has 0 aromatic carbocycles. The zero-order chi connectivity index (χ0) is 17.1. The van der Waals surface area contributed by atoms with E-state index in [4.69, 9.17) is 9.84 Å². The number of carbonyl (C=O) groups is 2. The summed E-state index contributed by atoms with van der Waals surface area (Å²) in [4.78, 5) is 25.5. The van der Waals surface area contributed by atoms with Crippen LogP contribution in [0.1, 0.15) is 42.7 Å². The average molecular weight is 323 g/mol. The average Bonchev–Trinajstić information content (AvgIpc) is 3.02. The molecule has 1 aromatic heterocycles. The third-order valence-corrected chi connectivity index (χ3v) is 4.25. The highest BCUT2D eigenvalue weighted by Crippen LogP contribution is 2.25. The Hall–Kier alpha value is -1.89. The Bertz CT molecular complexity index is 582. The summed E-state index contributed by atoms with van der Waals surface area (Å²) in [5.74, 6) is -0.638. The van der Waals surface area contributed by atoms with Crippen molar-refractivity contribution in [2.45, 2.75) is 52.3 Å². The molecular formula is C16H25N3O4. The second kappa shape index (κ2) is 7.12. The van der Waals surface area contributed by atoms with Gasteiger partial charge >= 0.3 is 5.97 Å². The molecular weight excluding hydrogens is 298 g/mol. The van der Waals surface area contributed by atoms with Gasteiger partial charge in [-0.25, -0.2) is 0 Å². The predicted octanol–water partition coefficient (Wildman–Crippen LogP) is 1.55. The van der Waals surface area contributed by atoms with E-state index in [0.717, 1.165) is 12.2 Å². The first kappa shape index (κ1) is 17.5. The quantitative estimate of drug-likeness (QED) is 0.858. The summed E-state index contributed by atoms with van der Waals surface area (Å²) in [5, 5.41) is 13.4. The van der Waals surface area contributed by atoms with Crippen molar-refractivity contribution in [1.29, 1.82) is 0 Å². The van der Waals surface area contributed by atoms with Crippen LogP contribution in [0.25, 0.3) is 0 Å². The number of aliphatic carboxylic acids is 1. The van der Waals surface area contributed by atoms with Crippen LogP contribution in [-0.2, 0) is 16.1 Å². The maximum absolute atomic E-state index is 12.8. The molecule has 1 aromatic rings. The zero-order valence-corrected chi connectivity index (χ0v) is 14.2. The number of rotatable bonds is 6. The third-order valence-electron chi connectivity index (χ3n) is 4.25. The van der Waals surface area contributed by atoms with Gasteiger partial charge in [0.25, 0.3) is 5.91 Å². The summed E-state index contributed by atoms with van der Waals surface area (Å²) in [6.45, 7) is 7.23. The van der Waals surface area contributed by atoms with Gasteiger partial charge in [-0.2, -0.15) is 5.10 Å². The fraction of sp³-hybridized carbons (Fsp3) is 0.688. The van der Waals surface area contributed by atoms with Crippen molar-refractivity contribution in [3.8, 4) is 0 Å². The summed E-state index contributed by atoms with van der Waals surface area (Å²) >= 11 is 0. The Morgan fingerprint density at radius 3 is 2.74 bits per heavy atom. The second-order valence-electron chi connectivity index (χ2n) is 6.52. The van der Waals surface area contributed by atoms with Gasteiger partial charge in [-0.3, -0.25) is 14.3 Å². The van der Waals surface area contributed by atoms with E-state index < -0.39 is 5.97 Å². The zero-order valence-electron chi connectivity index (χ0n) is 14.2. The predicted molar refractivity (Wildman–Crippen MR) is 84.3 cm³/mol. The number of likely N-dealkylation sites (tertiary alicyclic amines) is 1. The van der Waals surface area contributed by atoms with Crippen LogP contribution in [0, 0.1) is 12.8 Å². The normalized spacial score (nSPS) is 21.2. The van der Waals surface area contributed by atoms with Gasteiger partial charge in [0.1, 0.15) is 0 Å². The van der Waals surface area contributed by atoms with Crippen LogP contribution in [0.15, 0.2) is 6.20 Å². The molecule has 2 rings (SSSR count). The lowest BCUT2D eigenvalue weighted by atomic mass is 10.1. The number of methoxy groups -OCH3 is 1. The van der Waals surface area contributed by atoms with Crippen molar-refractivity contribution in [3.05, 3.63) is 17.5 Å². The summed E-state index contributed by atoms with van der Waals surface area (Å²) in [5.41, 5.74) is 1.36. The van der Waals surface area contributed by atoms with Crippen molar-refractivity contribution in [2.24, 2.45) is 5.92 Å². The highest BCUT2D eigenvalue weighted by molar-refractivity contribution is 5.95. The number of hydrogen-bond donors (Lipinski definition) is 1. The first-order valence-electron chi connectivity index (χ1n) is 7.91. The van der Waals surface area contributed by atoms with E-state index in [2.05, 4.69) is 18.9 Å². The molecule has 1 aliphatic rings. The number of amides is 1. The molecule has 1 N–H and O–H groups in total. The topological polar surface area (TPSA) is 84.7 Å². The molecule has 23 heavy (non-hydrogen) atoms. The lowest BCUT2D eigenvalue weighted by Gasteiger charge is -2.23. The number of carboxylic acid groups (broad SMARTS) is 1. The molecule has 1 fully saturated rings. The molecule has 7 nitrogen and oxygen atoms in total. The van der Waals surface area contributed by atoms with Crippen LogP contribution in [0.2, 0.25) is 0 Å². The van der Waals surface area contributed by atoms with Crippen molar-refractivity contribution < 1.29 is 19.4 Å². The van der Waals surface area contributed by atoms with E-state index in [1.54, 1.807) is 18.2 Å². The van der Waals surface area contributed by atoms with Gasteiger partial charge < -0.3 is 14.7 Å². The number of carbonyl (C=O) groups excluding carboxylic acids is 1. The molecule has 128 valence electrons. The van der Waals surface area contributed by atoms with Crippen molar-refractivity contribution in [3.63, 3.8) is 0 Å². The van der Waals surface area contributed by atoms with Gasteiger partial charge in [-0.1, -0.05) is 13.8 Å². The number of aromatic nitrogens is 2. The first-order valence-corrected chi connectivity index (χ1v) is 7.91. The van der Waals surface area contributed by atoms with Gasteiger partial charge in [0.05, 0.1) is 24.3 Å². The second-order valence-corrected chi connectivity index (χ2v) is 6.52. The largest absolute Gasteiger partial charge is 0.481 e. The van der Waals surface area contributed by atoms with Gasteiger partial charge in [-0.15, -0.1) is 0 Å². The maximum Gasteiger partial charge on any atom is 0.305 e. The highest BCUT2D eigenvalue weighted by atomic mass is 16.5. The van der Waals surface area contributed by atoms with Crippen LogP contribution in [0.5, 0.6) is 0 Å². The van der Waals surface area contributed by atoms with Crippen molar-refractivity contribution >= 4 is 11.9 Å². The number of nitrogens with zero attached hydrogens (tertiary/aromatic N) is 3. The van der Waals surface area contributed by atoms with Crippen LogP contribution >= 0.6 is 0 Å². The maximum atomic E-state index is 12.8. The highest BCUT2D eigenvalue weighted by Gasteiger charge is 2.37. The first-order chi connectivity index (χ1) is 10.8. The van der Waals surface area contributed by atoms with Crippen LogP contribution in [0.3, 0.4) is 0 Å². The van der Waals surface area contributed by atoms with Crippen LogP contribution < -0.4 is 0 Å². The molecule has 1 amide bonds. The Morgan fingerprint density at radius 2 is 2.17 bits per heavy atom.